The Hall–Kier alpha value is -0.240. The van der Waals surface area contributed by atoms with Crippen molar-refractivity contribution in [2.24, 2.45) is 0 Å². The van der Waals surface area contributed by atoms with Crippen molar-refractivity contribution in [3.63, 3.8) is 0 Å². The molecule has 0 atom stereocenters. The summed E-state index contributed by atoms with van der Waals surface area (Å²) in [4.78, 5) is 0. The maximum Gasteiger partial charge on any atom is 0.104 e. The number of aliphatic hydroxyl groups excluding tert-OH is 3. The van der Waals surface area contributed by atoms with E-state index in [9.17, 15) is 0 Å². The molecule has 0 spiro atoms. The molecule has 0 aliphatic heterocycles. The third-order valence-electron chi connectivity index (χ3n) is 1.52. The summed E-state index contributed by atoms with van der Waals surface area (Å²) in [6.07, 6.45) is -0.282. The summed E-state index contributed by atoms with van der Waals surface area (Å²) in [6, 6.07) is 0. The van der Waals surface area contributed by atoms with Crippen LogP contribution in [0.15, 0.2) is 0 Å². The van der Waals surface area contributed by atoms with Gasteiger partial charge in [0.25, 0.3) is 0 Å². The van der Waals surface area contributed by atoms with E-state index < -0.39 is 0 Å². The van der Waals surface area contributed by atoms with Gasteiger partial charge in [0, 0.05) is 0 Å². The first-order valence-electron chi connectivity index (χ1n) is 4.94. The zero-order valence-electron chi connectivity index (χ0n) is 8.80. The molecule has 108 valence electrons. The van der Waals surface area contributed by atoms with Crippen LogP contribution in [0.3, 0.4) is 0 Å². The minimum atomic E-state index is -0.282. The van der Waals surface area contributed by atoms with Gasteiger partial charge in [-0.1, -0.05) is 14.9 Å². The van der Waals surface area contributed by atoms with E-state index in [1.54, 1.807) is 0 Å². The molecule has 0 saturated carbocycles. The Labute approximate surface area is 104 Å². The average molecular weight is 256 g/mol. The predicted octanol–water partition coefficient (Wildman–Crippen LogP) is -0.346. The van der Waals surface area contributed by atoms with Crippen molar-refractivity contribution in [1.29, 1.82) is 0 Å². The Bertz CT molecular complexity index is 113. The van der Waals surface area contributed by atoms with Crippen LogP contribution in [-0.4, -0.2) is 74.3 Å². The summed E-state index contributed by atoms with van der Waals surface area (Å²) in [5, 5.41) is 25.6. The van der Waals surface area contributed by atoms with Crippen LogP contribution in [0.4, 0.5) is 0 Å². The Kier molecular flexibility index (Phi) is 23.5. The Morgan fingerprint density at radius 3 is 1.47 bits per heavy atom. The SMILES string of the molecule is C.C.OCCOCC(COCCO)OCCO. The van der Waals surface area contributed by atoms with E-state index in [-0.39, 0.29) is 60.6 Å². The summed E-state index contributed by atoms with van der Waals surface area (Å²) in [5.41, 5.74) is 0. The molecule has 0 amide bonds. The van der Waals surface area contributed by atoms with Crippen molar-refractivity contribution in [3.8, 4) is 0 Å². The van der Waals surface area contributed by atoms with Gasteiger partial charge in [-0.05, 0) is 0 Å². The first-order chi connectivity index (χ1) is 7.35. The number of aliphatic hydroxyl groups is 3. The fraction of sp³-hybridized carbons (Fsp3) is 1.00. The van der Waals surface area contributed by atoms with E-state index in [0.29, 0.717) is 13.2 Å². The van der Waals surface area contributed by atoms with Crippen molar-refractivity contribution < 1.29 is 29.5 Å². The predicted molar refractivity (Wildman–Crippen MR) is 66.1 cm³/mol. The van der Waals surface area contributed by atoms with Gasteiger partial charge >= 0.3 is 0 Å². The third-order valence-corrected chi connectivity index (χ3v) is 1.52. The molecular weight excluding hydrogens is 228 g/mol. The number of rotatable bonds is 11. The van der Waals surface area contributed by atoms with E-state index in [0.717, 1.165) is 0 Å². The zero-order chi connectivity index (χ0) is 11.4. The summed E-state index contributed by atoms with van der Waals surface area (Å²) in [7, 11) is 0. The van der Waals surface area contributed by atoms with Gasteiger partial charge in [-0.15, -0.1) is 0 Å². The van der Waals surface area contributed by atoms with Crippen LogP contribution in [0.5, 0.6) is 0 Å². The van der Waals surface area contributed by atoms with Crippen molar-refractivity contribution >= 4 is 0 Å². The lowest BCUT2D eigenvalue weighted by atomic mass is 10.4. The van der Waals surface area contributed by atoms with Gasteiger partial charge in [-0.2, -0.15) is 0 Å². The first kappa shape index (κ1) is 22.0. The molecule has 0 aromatic carbocycles. The normalized spacial score (nSPS) is 9.88. The van der Waals surface area contributed by atoms with Crippen molar-refractivity contribution in [3.05, 3.63) is 0 Å². The maximum atomic E-state index is 8.57. The van der Waals surface area contributed by atoms with Crippen LogP contribution in [0.25, 0.3) is 0 Å². The van der Waals surface area contributed by atoms with Gasteiger partial charge in [0.1, 0.15) is 6.10 Å². The molecule has 0 heterocycles. The van der Waals surface area contributed by atoms with Crippen molar-refractivity contribution in [2.75, 3.05) is 52.9 Å². The van der Waals surface area contributed by atoms with Crippen molar-refractivity contribution in [2.45, 2.75) is 21.0 Å². The molecule has 0 aromatic rings. The molecule has 3 N–H and O–H groups in total. The standard InChI is InChI=1S/C9H20O6.2CH4/c10-1-4-13-7-9(15-6-3-12)8-14-5-2-11;;/h9-12H,1-8H2;2*1H4. The van der Waals surface area contributed by atoms with Gasteiger partial charge in [0.15, 0.2) is 0 Å². The second-order valence-corrected chi connectivity index (χ2v) is 2.81. The maximum absolute atomic E-state index is 8.57. The average Bonchev–Trinajstić information content (AvgIpc) is 2.25. The quantitative estimate of drug-likeness (QED) is 0.438. The van der Waals surface area contributed by atoms with Gasteiger partial charge < -0.3 is 29.5 Å². The lowest BCUT2D eigenvalue weighted by molar-refractivity contribution is -0.0733. The molecule has 0 aromatic heterocycles. The molecule has 6 nitrogen and oxygen atoms in total. The fourth-order valence-electron chi connectivity index (χ4n) is 0.922. The molecule has 0 radical (unpaired) electrons. The third kappa shape index (κ3) is 15.8. The van der Waals surface area contributed by atoms with E-state index in [4.69, 9.17) is 29.5 Å². The highest BCUT2D eigenvalue weighted by molar-refractivity contribution is 4.55. The highest BCUT2D eigenvalue weighted by Gasteiger charge is 2.09. The highest BCUT2D eigenvalue weighted by atomic mass is 16.6. The van der Waals surface area contributed by atoms with E-state index >= 15 is 0 Å². The largest absolute Gasteiger partial charge is 0.394 e. The number of hydrogen-bond donors (Lipinski definition) is 3. The summed E-state index contributed by atoms with van der Waals surface area (Å²) < 4.78 is 15.4. The van der Waals surface area contributed by atoms with Gasteiger partial charge in [0.05, 0.1) is 52.9 Å². The number of ether oxygens (including phenoxy) is 3. The minimum absolute atomic E-state index is 0. The van der Waals surface area contributed by atoms with Gasteiger partial charge in [-0.3, -0.25) is 0 Å². The lowest BCUT2D eigenvalue weighted by Gasteiger charge is -2.17. The Balaban J connectivity index is -0.000000980. The molecule has 0 saturated heterocycles. The minimum Gasteiger partial charge on any atom is -0.394 e. The molecule has 0 bridgehead atoms. The zero-order valence-corrected chi connectivity index (χ0v) is 8.80. The molecule has 0 rings (SSSR count). The Morgan fingerprint density at radius 2 is 1.12 bits per heavy atom. The topological polar surface area (TPSA) is 88.4 Å². The van der Waals surface area contributed by atoms with Crippen LogP contribution >= 0.6 is 0 Å². The fourth-order valence-corrected chi connectivity index (χ4v) is 0.922. The summed E-state index contributed by atoms with van der Waals surface area (Å²) in [6.45, 7) is 1.18. The monoisotopic (exact) mass is 256 g/mol. The molecule has 0 aliphatic carbocycles. The van der Waals surface area contributed by atoms with E-state index in [1.165, 1.54) is 0 Å². The first-order valence-corrected chi connectivity index (χ1v) is 4.94. The Morgan fingerprint density at radius 1 is 0.706 bits per heavy atom. The highest BCUT2D eigenvalue weighted by Crippen LogP contribution is 1.95. The molecule has 17 heavy (non-hydrogen) atoms. The second kappa shape index (κ2) is 18.1. The molecule has 0 fully saturated rings. The van der Waals surface area contributed by atoms with Crippen LogP contribution < -0.4 is 0 Å². The molecule has 0 aliphatic rings. The summed E-state index contributed by atoms with van der Waals surface area (Å²) >= 11 is 0. The van der Waals surface area contributed by atoms with Crippen LogP contribution in [0.2, 0.25) is 0 Å². The van der Waals surface area contributed by atoms with Crippen LogP contribution in [0.1, 0.15) is 14.9 Å². The molecular formula is C11H28O6. The second-order valence-electron chi connectivity index (χ2n) is 2.81. The molecule has 6 heteroatoms. The van der Waals surface area contributed by atoms with Crippen LogP contribution in [0, 0.1) is 0 Å². The van der Waals surface area contributed by atoms with E-state index in [2.05, 4.69) is 0 Å². The number of hydrogen-bond acceptors (Lipinski definition) is 6. The van der Waals surface area contributed by atoms with Crippen LogP contribution in [-0.2, 0) is 14.2 Å². The van der Waals surface area contributed by atoms with Gasteiger partial charge in [-0.25, -0.2) is 0 Å². The van der Waals surface area contributed by atoms with Gasteiger partial charge in [0.2, 0.25) is 0 Å². The van der Waals surface area contributed by atoms with Crippen molar-refractivity contribution in [1.82, 2.24) is 0 Å². The van der Waals surface area contributed by atoms with E-state index in [1.807, 2.05) is 0 Å². The lowest BCUT2D eigenvalue weighted by Crippen LogP contribution is -2.28. The molecule has 0 unspecified atom stereocenters. The summed E-state index contributed by atoms with van der Waals surface area (Å²) in [5.74, 6) is 0. The smallest absolute Gasteiger partial charge is 0.104 e.